The maximum absolute atomic E-state index is 13.6. The second kappa shape index (κ2) is 11.3. The Morgan fingerprint density at radius 2 is 2.10 bits per heavy atom. The van der Waals surface area contributed by atoms with Crippen LogP contribution in [0.2, 0.25) is 0 Å². The van der Waals surface area contributed by atoms with Crippen molar-refractivity contribution in [2.45, 2.75) is 25.8 Å². The number of carbonyl (C=O) groups excluding carboxylic acids is 1. The maximum Gasteiger partial charge on any atom is 0.271 e. The van der Waals surface area contributed by atoms with Gasteiger partial charge in [0.05, 0.1) is 28.6 Å². The second-order valence-electron chi connectivity index (χ2n) is 6.74. The van der Waals surface area contributed by atoms with Crippen molar-refractivity contribution in [1.82, 2.24) is 30.6 Å². The Hall–Kier alpha value is -3.17. The zero-order chi connectivity index (χ0) is 22.1. The van der Waals surface area contributed by atoms with Crippen molar-refractivity contribution in [2.24, 2.45) is 0 Å². The van der Waals surface area contributed by atoms with Gasteiger partial charge in [0.15, 0.2) is 0 Å². The topological polar surface area (TPSA) is 95.6 Å². The SMILES string of the molecule is C=Cc1nc(CCCNCCc2nc(C(=O)NCc3ncccc3F)cs2)[nH]c1C=C. The lowest BCUT2D eigenvalue weighted by Crippen LogP contribution is -2.24. The third kappa shape index (κ3) is 6.40. The van der Waals surface area contributed by atoms with Gasteiger partial charge in [-0.1, -0.05) is 13.2 Å². The van der Waals surface area contributed by atoms with Gasteiger partial charge >= 0.3 is 0 Å². The molecule has 0 unspecified atom stereocenters. The first kappa shape index (κ1) is 22.5. The van der Waals surface area contributed by atoms with E-state index < -0.39 is 5.82 Å². The van der Waals surface area contributed by atoms with Crippen LogP contribution in [0.1, 0.15) is 44.8 Å². The Morgan fingerprint density at radius 1 is 1.23 bits per heavy atom. The van der Waals surface area contributed by atoms with Gasteiger partial charge in [0, 0.05) is 31.0 Å². The predicted octanol–water partition coefficient (Wildman–Crippen LogP) is 3.38. The molecule has 3 aromatic heterocycles. The highest BCUT2D eigenvalue weighted by atomic mass is 32.1. The van der Waals surface area contributed by atoms with Crippen LogP contribution in [0.15, 0.2) is 36.9 Å². The molecule has 1 amide bonds. The van der Waals surface area contributed by atoms with Crippen LogP contribution in [-0.4, -0.2) is 38.9 Å². The van der Waals surface area contributed by atoms with Gasteiger partial charge in [0.25, 0.3) is 5.91 Å². The Morgan fingerprint density at radius 3 is 2.84 bits per heavy atom. The van der Waals surface area contributed by atoms with Crippen molar-refractivity contribution in [3.8, 4) is 0 Å². The van der Waals surface area contributed by atoms with Gasteiger partial charge in [-0.05, 0) is 37.3 Å². The molecular weight excluding hydrogens is 415 g/mol. The summed E-state index contributed by atoms with van der Waals surface area (Å²) in [6, 6.07) is 2.82. The quantitative estimate of drug-likeness (QED) is 0.375. The number of amides is 1. The number of hydrogen-bond acceptors (Lipinski definition) is 6. The number of rotatable bonds is 12. The van der Waals surface area contributed by atoms with Crippen LogP contribution in [0, 0.1) is 5.82 Å². The molecule has 0 aromatic carbocycles. The normalized spacial score (nSPS) is 10.7. The molecule has 0 radical (unpaired) electrons. The number of hydrogen-bond donors (Lipinski definition) is 3. The molecule has 31 heavy (non-hydrogen) atoms. The van der Waals surface area contributed by atoms with Crippen molar-refractivity contribution in [2.75, 3.05) is 13.1 Å². The zero-order valence-electron chi connectivity index (χ0n) is 17.2. The molecule has 0 aliphatic carbocycles. The fraction of sp³-hybridized carbons (Fsp3) is 0.273. The first-order chi connectivity index (χ1) is 15.1. The van der Waals surface area contributed by atoms with Crippen LogP contribution in [0.4, 0.5) is 4.39 Å². The number of carbonyl (C=O) groups is 1. The fourth-order valence-electron chi connectivity index (χ4n) is 2.92. The Kier molecular flexibility index (Phi) is 8.19. The summed E-state index contributed by atoms with van der Waals surface area (Å²) in [7, 11) is 0. The van der Waals surface area contributed by atoms with Crippen LogP contribution in [0.5, 0.6) is 0 Å². The van der Waals surface area contributed by atoms with Gasteiger partial charge in [-0.25, -0.2) is 14.4 Å². The van der Waals surface area contributed by atoms with E-state index in [4.69, 9.17) is 0 Å². The van der Waals surface area contributed by atoms with E-state index >= 15 is 0 Å². The van der Waals surface area contributed by atoms with Crippen molar-refractivity contribution in [1.29, 1.82) is 0 Å². The lowest BCUT2D eigenvalue weighted by Gasteiger charge is -2.04. The molecule has 3 rings (SSSR count). The second-order valence-corrected chi connectivity index (χ2v) is 7.68. The van der Waals surface area contributed by atoms with Crippen molar-refractivity contribution >= 4 is 29.4 Å². The Labute approximate surface area is 184 Å². The zero-order valence-corrected chi connectivity index (χ0v) is 18.0. The fourth-order valence-corrected chi connectivity index (χ4v) is 3.70. The monoisotopic (exact) mass is 440 g/mol. The van der Waals surface area contributed by atoms with Crippen molar-refractivity contribution in [3.05, 3.63) is 76.3 Å². The average molecular weight is 441 g/mol. The van der Waals surface area contributed by atoms with E-state index in [-0.39, 0.29) is 18.1 Å². The number of aromatic amines is 1. The Balaban J connectivity index is 1.35. The molecule has 0 atom stereocenters. The van der Waals surface area contributed by atoms with Gasteiger partial charge in [0.1, 0.15) is 17.3 Å². The van der Waals surface area contributed by atoms with E-state index in [1.165, 1.54) is 29.7 Å². The predicted molar refractivity (Wildman–Crippen MR) is 121 cm³/mol. The highest BCUT2D eigenvalue weighted by Gasteiger charge is 2.12. The molecular formula is C22H25FN6OS. The van der Waals surface area contributed by atoms with Crippen LogP contribution in [0.3, 0.4) is 0 Å². The first-order valence-corrected chi connectivity index (χ1v) is 10.8. The number of imidazole rings is 1. The van der Waals surface area contributed by atoms with Gasteiger partial charge in [-0.2, -0.15) is 0 Å². The molecule has 3 aromatic rings. The van der Waals surface area contributed by atoms with Crippen molar-refractivity contribution in [3.63, 3.8) is 0 Å². The first-order valence-electron chi connectivity index (χ1n) is 9.97. The number of nitrogens with one attached hydrogen (secondary N) is 3. The summed E-state index contributed by atoms with van der Waals surface area (Å²) >= 11 is 1.44. The van der Waals surface area contributed by atoms with Gasteiger partial charge in [-0.15, -0.1) is 11.3 Å². The highest BCUT2D eigenvalue weighted by Crippen LogP contribution is 2.12. The summed E-state index contributed by atoms with van der Waals surface area (Å²) in [5.74, 6) is 0.145. The van der Waals surface area contributed by atoms with E-state index in [9.17, 15) is 9.18 Å². The summed E-state index contributed by atoms with van der Waals surface area (Å²) in [5.41, 5.74) is 2.26. The van der Waals surface area contributed by atoms with E-state index in [2.05, 4.69) is 43.7 Å². The number of pyridine rings is 1. The summed E-state index contributed by atoms with van der Waals surface area (Å²) in [6.07, 6.45) is 7.45. The van der Waals surface area contributed by atoms with Crippen LogP contribution >= 0.6 is 11.3 Å². The lowest BCUT2D eigenvalue weighted by atomic mass is 10.3. The van der Waals surface area contributed by atoms with E-state index in [1.54, 1.807) is 17.5 Å². The molecule has 0 saturated heterocycles. The summed E-state index contributed by atoms with van der Waals surface area (Å²) in [4.78, 5) is 28.2. The molecule has 9 heteroatoms. The largest absolute Gasteiger partial charge is 0.345 e. The molecule has 0 fully saturated rings. The van der Waals surface area contributed by atoms with Crippen LogP contribution in [0.25, 0.3) is 12.2 Å². The van der Waals surface area contributed by atoms with E-state index in [1.807, 2.05) is 0 Å². The number of nitrogens with zero attached hydrogens (tertiary/aromatic N) is 3. The minimum absolute atomic E-state index is 0.0260. The third-order valence-corrected chi connectivity index (χ3v) is 5.43. The van der Waals surface area contributed by atoms with Gasteiger partial charge < -0.3 is 15.6 Å². The minimum atomic E-state index is -0.442. The van der Waals surface area contributed by atoms with E-state index in [0.29, 0.717) is 5.69 Å². The average Bonchev–Trinajstić information content (AvgIpc) is 3.42. The smallest absolute Gasteiger partial charge is 0.271 e. The molecule has 3 N–H and O–H groups in total. The minimum Gasteiger partial charge on any atom is -0.345 e. The Bertz CT molecular complexity index is 1020. The van der Waals surface area contributed by atoms with Gasteiger partial charge in [-0.3, -0.25) is 9.78 Å². The number of aromatic nitrogens is 4. The third-order valence-electron chi connectivity index (χ3n) is 4.53. The van der Waals surface area contributed by atoms with E-state index in [0.717, 1.165) is 54.6 Å². The van der Waals surface area contributed by atoms with Gasteiger partial charge in [0.2, 0.25) is 0 Å². The van der Waals surface area contributed by atoms with Crippen LogP contribution in [-0.2, 0) is 19.4 Å². The standard InChI is InChI=1S/C22H25FN6OS/c1-3-16-17(4-2)28-20(27-16)8-6-10-24-12-9-21-29-19(14-31-21)22(30)26-13-18-15(23)7-5-11-25-18/h3-5,7,11,14,24H,1-2,6,8-10,12-13H2,(H,26,30)(H,27,28). The summed E-state index contributed by atoms with van der Waals surface area (Å²) < 4.78 is 13.6. The molecule has 7 nitrogen and oxygen atoms in total. The molecule has 162 valence electrons. The lowest BCUT2D eigenvalue weighted by molar-refractivity contribution is 0.0945. The van der Waals surface area contributed by atoms with Crippen molar-refractivity contribution < 1.29 is 9.18 Å². The molecule has 3 heterocycles. The summed E-state index contributed by atoms with van der Waals surface area (Å²) in [6.45, 7) is 9.16. The molecule has 0 aliphatic rings. The molecule has 0 aliphatic heterocycles. The molecule has 0 spiro atoms. The van der Waals surface area contributed by atoms with Crippen LogP contribution < -0.4 is 10.6 Å². The maximum atomic E-state index is 13.6. The number of aryl methyl sites for hydroxylation is 1. The molecule has 0 saturated carbocycles. The number of thiazole rings is 1. The summed E-state index contributed by atoms with van der Waals surface area (Å²) in [5, 5.41) is 8.62. The number of halogens is 1. The number of H-pyrrole nitrogens is 1. The molecule has 0 bridgehead atoms. The highest BCUT2D eigenvalue weighted by molar-refractivity contribution is 7.09.